The normalized spacial score (nSPS) is 11.3. The van der Waals surface area contributed by atoms with Crippen molar-refractivity contribution in [3.05, 3.63) is 83.2 Å². The zero-order chi connectivity index (χ0) is 17.4. The van der Waals surface area contributed by atoms with Crippen molar-refractivity contribution in [3.8, 4) is 5.75 Å². The predicted octanol–water partition coefficient (Wildman–Crippen LogP) is 5.09. The van der Waals surface area contributed by atoms with Crippen LogP contribution in [0.3, 0.4) is 0 Å². The van der Waals surface area contributed by atoms with Gasteiger partial charge in [0.25, 0.3) is 5.91 Å². The van der Waals surface area contributed by atoms with Crippen molar-refractivity contribution in [3.63, 3.8) is 0 Å². The molecule has 0 radical (unpaired) electrons. The molecule has 0 aliphatic rings. The average Bonchev–Trinajstić information content (AvgIpc) is 2.57. The van der Waals surface area contributed by atoms with Crippen molar-refractivity contribution in [2.24, 2.45) is 4.99 Å². The number of aliphatic imine (C=N–C) groups is 1. The lowest BCUT2D eigenvalue weighted by Crippen LogP contribution is -2.12. The molecule has 0 spiro atoms. The third-order valence-electron chi connectivity index (χ3n) is 3.03. The molecule has 0 atom stereocenters. The van der Waals surface area contributed by atoms with Crippen molar-refractivity contribution in [2.45, 2.75) is 6.92 Å². The fourth-order valence-electron chi connectivity index (χ4n) is 1.91. The number of nitrogens with one attached hydrogen (secondary N) is 1. The zero-order valence-corrected chi connectivity index (χ0v) is 14.0. The van der Waals surface area contributed by atoms with E-state index in [2.05, 4.69) is 17.0 Å². The number of benzene rings is 2. The van der Waals surface area contributed by atoms with Gasteiger partial charge in [0, 0.05) is 11.9 Å². The number of hydrogen-bond acceptors (Lipinski definition) is 3. The first-order chi connectivity index (χ1) is 11.6. The first-order valence-corrected chi connectivity index (χ1v) is 7.61. The molecule has 0 aliphatic carbocycles. The first-order valence-electron chi connectivity index (χ1n) is 7.23. The summed E-state index contributed by atoms with van der Waals surface area (Å²) in [7, 11) is 0. The molecule has 0 aromatic heterocycles. The molecule has 4 nitrogen and oxygen atoms in total. The second kappa shape index (κ2) is 8.70. The molecule has 0 bridgehead atoms. The molecule has 1 amide bonds. The molecule has 0 unspecified atom stereocenters. The van der Waals surface area contributed by atoms with E-state index in [1.807, 2.05) is 6.92 Å². The molecule has 2 rings (SSSR count). The maximum absolute atomic E-state index is 12.2. The third kappa shape index (κ3) is 5.11. The molecule has 2 aromatic rings. The lowest BCUT2D eigenvalue weighted by Gasteiger charge is -2.09. The molecule has 2 aromatic carbocycles. The van der Waals surface area contributed by atoms with Gasteiger partial charge in [-0.2, -0.15) is 0 Å². The van der Waals surface area contributed by atoms with Gasteiger partial charge in [-0.1, -0.05) is 23.7 Å². The van der Waals surface area contributed by atoms with Crippen molar-refractivity contribution < 1.29 is 9.53 Å². The highest BCUT2D eigenvalue weighted by Gasteiger charge is 2.09. The van der Waals surface area contributed by atoms with E-state index in [-0.39, 0.29) is 5.91 Å². The molecule has 0 saturated carbocycles. The fourth-order valence-corrected chi connectivity index (χ4v) is 2.13. The number of rotatable bonds is 6. The van der Waals surface area contributed by atoms with Gasteiger partial charge in [0.1, 0.15) is 11.5 Å². The largest absolute Gasteiger partial charge is 0.462 e. The molecule has 5 heteroatoms. The van der Waals surface area contributed by atoms with Gasteiger partial charge in [0.2, 0.25) is 0 Å². The number of halogens is 1. The highest BCUT2D eigenvalue weighted by atomic mass is 35.5. The molecule has 0 saturated heterocycles. The quantitative estimate of drug-likeness (QED) is 0.452. The van der Waals surface area contributed by atoms with Crippen LogP contribution in [0.4, 0.5) is 5.69 Å². The minimum atomic E-state index is -0.257. The summed E-state index contributed by atoms with van der Waals surface area (Å²) < 4.78 is 5.64. The van der Waals surface area contributed by atoms with E-state index in [1.54, 1.807) is 66.9 Å². The molecule has 0 heterocycles. The van der Waals surface area contributed by atoms with Crippen molar-refractivity contribution in [1.29, 1.82) is 0 Å². The maximum Gasteiger partial charge on any atom is 0.257 e. The highest BCUT2D eigenvalue weighted by Crippen LogP contribution is 2.20. The second-order valence-corrected chi connectivity index (χ2v) is 5.27. The van der Waals surface area contributed by atoms with Crippen LogP contribution >= 0.6 is 11.6 Å². The third-order valence-corrected chi connectivity index (χ3v) is 3.36. The number of hydrogen-bond donors (Lipinski definition) is 1. The van der Waals surface area contributed by atoms with E-state index >= 15 is 0 Å². The van der Waals surface area contributed by atoms with Crippen LogP contribution in [0.1, 0.15) is 17.3 Å². The van der Waals surface area contributed by atoms with Gasteiger partial charge in [-0.05, 0) is 62.2 Å². The second-order valence-electron chi connectivity index (χ2n) is 4.86. The van der Waals surface area contributed by atoms with E-state index in [0.29, 0.717) is 27.8 Å². The van der Waals surface area contributed by atoms with Crippen LogP contribution in [0.2, 0.25) is 5.02 Å². The Labute approximate surface area is 146 Å². The number of carbonyl (C=O) groups is 1. The summed E-state index contributed by atoms with van der Waals surface area (Å²) in [6, 6.07) is 14.0. The lowest BCUT2D eigenvalue weighted by molar-refractivity contribution is 0.102. The summed E-state index contributed by atoms with van der Waals surface area (Å²) in [5.74, 6) is 1.12. The van der Waals surface area contributed by atoms with Crippen molar-refractivity contribution >= 4 is 29.9 Å². The molecule has 0 fully saturated rings. The van der Waals surface area contributed by atoms with Crippen LogP contribution in [0, 0.1) is 0 Å². The standard InChI is InChI=1S/C19H17ClN2O2/c1-14(6-5-13-21-2)24-16-11-9-15(10-12-16)22-19(23)17-7-3-4-8-18(17)20/h3-13H,2H2,1H3,(H,22,23)/b13-5-,14-6+. The van der Waals surface area contributed by atoms with Crippen molar-refractivity contribution in [2.75, 3.05) is 5.32 Å². The summed E-state index contributed by atoms with van der Waals surface area (Å²) in [5, 5.41) is 3.21. The highest BCUT2D eigenvalue weighted by molar-refractivity contribution is 6.34. The van der Waals surface area contributed by atoms with E-state index in [9.17, 15) is 4.79 Å². The molecule has 122 valence electrons. The van der Waals surface area contributed by atoms with Crippen molar-refractivity contribution in [1.82, 2.24) is 0 Å². The van der Waals surface area contributed by atoms with E-state index in [4.69, 9.17) is 16.3 Å². The SMILES string of the molecule is C=N/C=C\C=C(/C)Oc1ccc(NC(=O)c2ccccc2Cl)cc1. The Hall–Kier alpha value is -2.85. The number of nitrogens with zero attached hydrogens (tertiary/aromatic N) is 1. The Morgan fingerprint density at radius 2 is 1.92 bits per heavy atom. The van der Waals surface area contributed by atoms with Crippen LogP contribution in [0.5, 0.6) is 5.75 Å². The van der Waals surface area contributed by atoms with Crippen LogP contribution in [0.15, 0.2) is 77.6 Å². The minimum Gasteiger partial charge on any atom is -0.462 e. The maximum atomic E-state index is 12.2. The minimum absolute atomic E-state index is 0.257. The predicted molar refractivity (Wildman–Crippen MR) is 98.9 cm³/mol. The van der Waals surface area contributed by atoms with Gasteiger partial charge in [-0.25, -0.2) is 0 Å². The van der Waals surface area contributed by atoms with Gasteiger partial charge in [-0.15, -0.1) is 0 Å². The lowest BCUT2D eigenvalue weighted by atomic mass is 10.2. The van der Waals surface area contributed by atoms with Crippen LogP contribution < -0.4 is 10.1 Å². The molecular formula is C19H17ClN2O2. The number of amides is 1. The summed E-state index contributed by atoms with van der Waals surface area (Å²) in [4.78, 5) is 15.8. The van der Waals surface area contributed by atoms with E-state index < -0.39 is 0 Å². The van der Waals surface area contributed by atoms with Gasteiger partial charge < -0.3 is 10.1 Å². The molecular weight excluding hydrogens is 324 g/mol. The number of ether oxygens (including phenoxy) is 1. The smallest absolute Gasteiger partial charge is 0.257 e. The van der Waals surface area contributed by atoms with Gasteiger partial charge in [0.15, 0.2) is 0 Å². The summed E-state index contributed by atoms with van der Waals surface area (Å²) in [6.45, 7) is 5.19. The first kappa shape index (κ1) is 17.5. The molecule has 24 heavy (non-hydrogen) atoms. The molecule has 1 N–H and O–H groups in total. The molecule has 0 aliphatic heterocycles. The van der Waals surface area contributed by atoms with Gasteiger partial charge in [0.05, 0.1) is 10.6 Å². The van der Waals surface area contributed by atoms with Crippen LogP contribution in [-0.2, 0) is 0 Å². The van der Waals surface area contributed by atoms with Gasteiger partial charge in [-0.3, -0.25) is 9.79 Å². The van der Waals surface area contributed by atoms with Crippen LogP contribution in [0.25, 0.3) is 0 Å². The zero-order valence-electron chi connectivity index (χ0n) is 13.2. The Morgan fingerprint density at radius 1 is 1.21 bits per heavy atom. The summed E-state index contributed by atoms with van der Waals surface area (Å²) in [6.07, 6.45) is 5.09. The van der Waals surface area contributed by atoms with Crippen LogP contribution in [-0.4, -0.2) is 12.6 Å². The van der Waals surface area contributed by atoms with Gasteiger partial charge >= 0.3 is 0 Å². The number of allylic oxidation sites excluding steroid dienone is 3. The Balaban J connectivity index is 2.01. The Kier molecular flexibility index (Phi) is 6.34. The van der Waals surface area contributed by atoms with E-state index in [0.717, 1.165) is 0 Å². The van der Waals surface area contributed by atoms with E-state index in [1.165, 1.54) is 0 Å². The average molecular weight is 341 g/mol. The fraction of sp³-hybridized carbons (Fsp3) is 0.0526. The summed E-state index contributed by atoms with van der Waals surface area (Å²) in [5.41, 5.74) is 1.09. The Bertz CT molecular complexity index is 780. The summed E-state index contributed by atoms with van der Waals surface area (Å²) >= 11 is 6.02. The topological polar surface area (TPSA) is 50.7 Å². The Morgan fingerprint density at radius 3 is 2.58 bits per heavy atom. The number of anilines is 1. The monoisotopic (exact) mass is 340 g/mol. The number of carbonyl (C=O) groups excluding carboxylic acids is 1.